The van der Waals surface area contributed by atoms with Crippen molar-refractivity contribution in [3.63, 3.8) is 0 Å². The Kier molecular flexibility index (Phi) is 11.7. The molecule has 10 heteroatoms. The van der Waals surface area contributed by atoms with Gasteiger partial charge in [0.25, 0.3) is 0 Å². The Morgan fingerprint density at radius 3 is 2.54 bits per heavy atom. The second kappa shape index (κ2) is 12.0. The van der Waals surface area contributed by atoms with Gasteiger partial charge in [-0.2, -0.15) is 0 Å². The van der Waals surface area contributed by atoms with Crippen LogP contribution in [0.5, 0.6) is 0 Å². The summed E-state index contributed by atoms with van der Waals surface area (Å²) in [5.41, 5.74) is -0.490. The lowest BCUT2D eigenvalue weighted by Gasteiger charge is -2.34. The van der Waals surface area contributed by atoms with Gasteiger partial charge in [0.15, 0.2) is 5.96 Å². The van der Waals surface area contributed by atoms with Gasteiger partial charge in [0, 0.05) is 39.0 Å². The smallest absolute Gasteiger partial charge is 0.410 e. The van der Waals surface area contributed by atoms with E-state index in [4.69, 9.17) is 4.74 Å². The summed E-state index contributed by atoms with van der Waals surface area (Å²) in [7, 11) is -1.28. The molecule has 1 heterocycles. The summed E-state index contributed by atoms with van der Waals surface area (Å²) < 4.78 is 28.0. The van der Waals surface area contributed by atoms with E-state index >= 15 is 0 Å². The Morgan fingerprint density at radius 1 is 1.36 bits per heavy atom. The van der Waals surface area contributed by atoms with Crippen LogP contribution in [0.4, 0.5) is 4.79 Å². The summed E-state index contributed by atoms with van der Waals surface area (Å²) in [6.45, 7) is 9.61. The molecule has 1 rings (SSSR count). The average molecular weight is 532 g/mol. The topological polar surface area (TPSA) is 100 Å². The average Bonchev–Trinajstić information content (AvgIpc) is 2.55. The number of carbonyl (C=O) groups excluding carboxylic acids is 1. The van der Waals surface area contributed by atoms with E-state index in [9.17, 15) is 13.2 Å². The molecule has 0 spiro atoms. The summed E-state index contributed by atoms with van der Waals surface area (Å²) in [5.74, 6) is 1.10. The number of likely N-dealkylation sites (tertiary alicyclic amines) is 1. The van der Waals surface area contributed by atoms with E-state index in [-0.39, 0.29) is 41.9 Å². The SMILES string of the molecule is CN=C(NCC1CCCN(C(=O)OC(C)(C)C)C1)NC(C)CCS(C)(=O)=O.I. The predicted molar refractivity (Wildman–Crippen MR) is 124 cm³/mol. The minimum absolute atomic E-state index is 0. The van der Waals surface area contributed by atoms with Crippen molar-refractivity contribution >= 4 is 45.9 Å². The van der Waals surface area contributed by atoms with Crippen molar-refractivity contribution in [1.29, 1.82) is 0 Å². The van der Waals surface area contributed by atoms with E-state index in [0.29, 0.717) is 31.4 Å². The van der Waals surface area contributed by atoms with Gasteiger partial charge in [0.1, 0.15) is 15.4 Å². The number of hydrogen-bond acceptors (Lipinski definition) is 5. The third-order valence-electron chi connectivity index (χ3n) is 4.26. The molecule has 8 nitrogen and oxygen atoms in total. The van der Waals surface area contributed by atoms with E-state index < -0.39 is 15.4 Å². The lowest BCUT2D eigenvalue weighted by Crippen LogP contribution is -2.48. The number of piperidine rings is 1. The standard InChI is InChI=1S/C18H36N4O4S.HI/c1-14(9-11-27(6,24)25)21-16(19-5)20-12-15-8-7-10-22(13-15)17(23)26-18(2,3)4;/h14-15H,7-13H2,1-6H3,(H2,19,20,21);1H. The molecule has 2 N–H and O–H groups in total. The van der Waals surface area contributed by atoms with Crippen LogP contribution in [0.3, 0.4) is 0 Å². The van der Waals surface area contributed by atoms with Gasteiger partial charge in [0.05, 0.1) is 5.75 Å². The summed E-state index contributed by atoms with van der Waals surface area (Å²) in [6.07, 6.45) is 3.49. The molecule has 1 fully saturated rings. The van der Waals surface area contributed by atoms with Crippen LogP contribution in [0.2, 0.25) is 0 Å². The Labute approximate surface area is 187 Å². The van der Waals surface area contributed by atoms with Crippen molar-refractivity contribution < 1.29 is 17.9 Å². The Morgan fingerprint density at radius 2 is 2.00 bits per heavy atom. The van der Waals surface area contributed by atoms with Crippen LogP contribution >= 0.6 is 24.0 Å². The molecule has 0 radical (unpaired) electrons. The van der Waals surface area contributed by atoms with Crippen LogP contribution < -0.4 is 10.6 Å². The van der Waals surface area contributed by atoms with Gasteiger partial charge in [-0.3, -0.25) is 4.99 Å². The number of sulfone groups is 1. The van der Waals surface area contributed by atoms with Crippen LogP contribution in [0.25, 0.3) is 0 Å². The van der Waals surface area contributed by atoms with E-state index in [1.807, 2.05) is 27.7 Å². The number of hydrogen-bond donors (Lipinski definition) is 2. The molecule has 1 aliphatic rings. The minimum Gasteiger partial charge on any atom is -0.444 e. The van der Waals surface area contributed by atoms with Crippen LogP contribution in [-0.2, 0) is 14.6 Å². The third kappa shape index (κ3) is 11.9. The molecule has 0 saturated carbocycles. The van der Waals surface area contributed by atoms with Crippen molar-refractivity contribution in [1.82, 2.24) is 15.5 Å². The second-order valence-electron chi connectivity index (χ2n) is 8.35. The van der Waals surface area contributed by atoms with Crippen molar-refractivity contribution in [2.45, 2.75) is 58.6 Å². The fourth-order valence-corrected chi connectivity index (χ4v) is 3.64. The highest BCUT2D eigenvalue weighted by atomic mass is 127. The number of nitrogens with zero attached hydrogens (tertiary/aromatic N) is 2. The lowest BCUT2D eigenvalue weighted by molar-refractivity contribution is 0.0168. The summed E-state index contributed by atoms with van der Waals surface area (Å²) >= 11 is 0. The first-order valence-corrected chi connectivity index (χ1v) is 11.6. The maximum atomic E-state index is 12.3. The zero-order chi connectivity index (χ0) is 20.7. The molecule has 0 aromatic heterocycles. The van der Waals surface area contributed by atoms with Gasteiger partial charge in [-0.15, -0.1) is 24.0 Å². The van der Waals surface area contributed by atoms with Gasteiger partial charge >= 0.3 is 6.09 Å². The second-order valence-corrected chi connectivity index (χ2v) is 10.6. The highest BCUT2D eigenvalue weighted by Crippen LogP contribution is 2.18. The quantitative estimate of drug-likeness (QED) is 0.309. The normalized spacial score (nSPS) is 19.4. The molecule has 0 bridgehead atoms. The predicted octanol–water partition coefficient (Wildman–Crippen LogP) is 2.24. The summed E-state index contributed by atoms with van der Waals surface area (Å²) in [6, 6.07) is -0.00413. The molecule has 0 aliphatic carbocycles. The van der Waals surface area contributed by atoms with Crippen molar-refractivity contribution in [2.24, 2.45) is 10.9 Å². The van der Waals surface area contributed by atoms with Gasteiger partial charge in [0.2, 0.25) is 0 Å². The van der Waals surface area contributed by atoms with E-state index in [0.717, 1.165) is 19.4 Å². The van der Waals surface area contributed by atoms with Crippen LogP contribution in [0.15, 0.2) is 4.99 Å². The maximum Gasteiger partial charge on any atom is 0.410 e. The van der Waals surface area contributed by atoms with Crippen molar-refractivity contribution in [3.8, 4) is 0 Å². The summed E-state index contributed by atoms with van der Waals surface area (Å²) in [5, 5.41) is 6.50. The largest absolute Gasteiger partial charge is 0.444 e. The number of aliphatic imine (C=N–C) groups is 1. The van der Waals surface area contributed by atoms with Gasteiger partial charge in [-0.25, -0.2) is 13.2 Å². The number of rotatable bonds is 6. The fourth-order valence-electron chi connectivity index (χ4n) is 2.86. The molecule has 0 aromatic rings. The molecule has 1 amide bonds. The number of halogens is 1. The highest BCUT2D eigenvalue weighted by molar-refractivity contribution is 14.0. The van der Waals surface area contributed by atoms with Crippen molar-refractivity contribution in [3.05, 3.63) is 0 Å². The minimum atomic E-state index is -2.97. The van der Waals surface area contributed by atoms with Crippen molar-refractivity contribution in [2.75, 3.05) is 38.7 Å². The molecular weight excluding hydrogens is 495 g/mol. The van der Waals surface area contributed by atoms with E-state index in [2.05, 4.69) is 15.6 Å². The Bertz CT molecular complexity index is 620. The van der Waals surface area contributed by atoms with Gasteiger partial charge in [-0.1, -0.05) is 0 Å². The van der Waals surface area contributed by atoms with Gasteiger partial charge in [-0.05, 0) is 52.9 Å². The molecule has 28 heavy (non-hydrogen) atoms. The highest BCUT2D eigenvalue weighted by Gasteiger charge is 2.27. The Hall–Kier alpha value is -0.780. The number of amides is 1. The fraction of sp³-hybridized carbons (Fsp3) is 0.889. The first-order chi connectivity index (χ1) is 12.4. The first-order valence-electron chi connectivity index (χ1n) is 9.52. The molecular formula is C18H37IN4O4S. The maximum absolute atomic E-state index is 12.3. The molecule has 1 aliphatic heterocycles. The van der Waals surface area contributed by atoms with Gasteiger partial charge < -0.3 is 20.3 Å². The third-order valence-corrected chi connectivity index (χ3v) is 5.23. The Balaban J connectivity index is 0.00000729. The van der Waals surface area contributed by atoms with Crippen LogP contribution in [0.1, 0.15) is 47.0 Å². The molecule has 166 valence electrons. The number of nitrogens with one attached hydrogen (secondary N) is 2. The number of ether oxygens (including phenoxy) is 1. The summed E-state index contributed by atoms with van der Waals surface area (Å²) in [4.78, 5) is 18.2. The van der Waals surface area contributed by atoms with Crippen LogP contribution in [-0.4, -0.2) is 75.7 Å². The van der Waals surface area contributed by atoms with E-state index in [1.54, 1.807) is 11.9 Å². The zero-order valence-corrected chi connectivity index (χ0v) is 21.1. The molecule has 2 unspecified atom stereocenters. The monoisotopic (exact) mass is 532 g/mol. The van der Waals surface area contributed by atoms with E-state index in [1.165, 1.54) is 6.26 Å². The number of carbonyl (C=O) groups is 1. The van der Waals surface area contributed by atoms with Crippen LogP contribution in [0, 0.1) is 5.92 Å². The molecule has 2 atom stereocenters. The zero-order valence-electron chi connectivity index (χ0n) is 17.9. The number of guanidine groups is 1. The molecule has 0 aromatic carbocycles. The molecule has 1 saturated heterocycles. The first kappa shape index (κ1) is 27.2. The lowest BCUT2D eigenvalue weighted by atomic mass is 9.98.